The summed E-state index contributed by atoms with van der Waals surface area (Å²) in [5, 5.41) is 0. The Labute approximate surface area is 129 Å². The van der Waals surface area contributed by atoms with Gasteiger partial charge in [0.15, 0.2) is 4.96 Å². The lowest BCUT2D eigenvalue weighted by atomic mass is 10.0. The third-order valence-electron chi connectivity index (χ3n) is 4.04. The maximum Gasteiger partial charge on any atom is 0.196 e. The number of rotatable bonds is 2. The Bertz CT molecular complexity index is 824. The summed E-state index contributed by atoms with van der Waals surface area (Å²) in [5.74, 6) is 1.11. The van der Waals surface area contributed by atoms with Crippen LogP contribution in [0, 0.1) is 20.8 Å². The molecule has 3 aromatic rings. The van der Waals surface area contributed by atoms with Gasteiger partial charge in [0.1, 0.15) is 5.82 Å². The molecule has 0 saturated heterocycles. The van der Waals surface area contributed by atoms with Crippen molar-refractivity contribution in [3.05, 3.63) is 39.9 Å². The fourth-order valence-corrected chi connectivity index (χ4v) is 3.71. The van der Waals surface area contributed by atoms with Crippen LogP contribution in [0.2, 0.25) is 0 Å². The molecule has 0 amide bonds. The Morgan fingerprint density at radius 2 is 1.86 bits per heavy atom. The summed E-state index contributed by atoms with van der Waals surface area (Å²) in [4.78, 5) is 6.96. The number of imidazole rings is 1. The van der Waals surface area contributed by atoms with E-state index in [4.69, 9.17) is 10.7 Å². The zero-order valence-electron chi connectivity index (χ0n) is 13.2. The minimum Gasteiger partial charge on any atom is -0.383 e. The molecule has 2 aromatic heterocycles. The summed E-state index contributed by atoms with van der Waals surface area (Å²) >= 11 is 1.71. The summed E-state index contributed by atoms with van der Waals surface area (Å²) in [6, 6.07) is 6.58. The summed E-state index contributed by atoms with van der Waals surface area (Å²) in [5.41, 5.74) is 12.4. The van der Waals surface area contributed by atoms with Crippen molar-refractivity contribution in [3.63, 3.8) is 0 Å². The second kappa shape index (κ2) is 4.88. The summed E-state index contributed by atoms with van der Waals surface area (Å²) in [6.07, 6.45) is 0. The Morgan fingerprint density at radius 1 is 1.14 bits per heavy atom. The number of aryl methyl sites for hydroxylation is 3. The molecule has 0 bridgehead atoms. The molecule has 3 nitrogen and oxygen atoms in total. The largest absolute Gasteiger partial charge is 0.383 e. The van der Waals surface area contributed by atoms with Crippen molar-refractivity contribution in [2.24, 2.45) is 0 Å². The number of nitrogens with zero attached hydrogens (tertiary/aromatic N) is 2. The summed E-state index contributed by atoms with van der Waals surface area (Å²) < 4.78 is 2.11. The van der Waals surface area contributed by atoms with Gasteiger partial charge in [0.05, 0.1) is 11.4 Å². The van der Waals surface area contributed by atoms with E-state index in [1.807, 2.05) is 0 Å². The minimum atomic E-state index is 0.338. The molecule has 4 heteroatoms. The van der Waals surface area contributed by atoms with Crippen molar-refractivity contribution in [2.45, 2.75) is 40.5 Å². The van der Waals surface area contributed by atoms with Gasteiger partial charge >= 0.3 is 0 Å². The molecule has 0 atom stereocenters. The molecule has 0 saturated carbocycles. The first-order valence-electron chi connectivity index (χ1n) is 7.25. The quantitative estimate of drug-likeness (QED) is 0.745. The Hall–Kier alpha value is -1.81. The van der Waals surface area contributed by atoms with Gasteiger partial charge in [0.2, 0.25) is 0 Å². The van der Waals surface area contributed by atoms with Gasteiger partial charge in [0.25, 0.3) is 0 Å². The van der Waals surface area contributed by atoms with E-state index in [2.05, 4.69) is 57.2 Å². The second-order valence-corrected chi connectivity index (χ2v) is 7.14. The summed E-state index contributed by atoms with van der Waals surface area (Å²) in [7, 11) is 0. The Morgan fingerprint density at radius 3 is 2.48 bits per heavy atom. The van der Waals surface area contributed by atoms with E-state index in [1.165, 1.54) is 27.3 Å². The lowest BCUT2D eigenvalue weighted by molar-refractivity contribution is 0.838. The van der Waals surface area contributed by atoms with Crippen LogP contribution in [0.1, 0.15) is 41.5 Å². The predicted octanol–water partition coefficient (Wildman–Crippen LogP) is 4.69. The van der Waals surface area contributed by atoms with E-state index in [-0.39, 0.29) is 0 Å². The normalized spacial score (nSPS) is 11.7. The SMILES string of the molecule is Cc1ccc(-c2c(C)sc3nc(C(C)C)c(N)n23)cc1C. The molecular weight excluding hydrogens is 278 g/mol. The van der Waals surface area contributed by atoms with Crippen LogP contribution in [0.15, 0.2) is 18.2 Å². The zero-order chi connectivity index (χ0) is 15.3. The third-order valence-corrected chi connectivity index (χ3v) is 5.00. The smallest absolute Gasteiger partial charge is 0.196 e. The van der Waals surface area contributed by atoms with Crippen molar-refractivity contribution in [3.8, 4) is 11.3 Å². The van der Waals surface area contributed by atoms with Gasteiger partial charge in [-0.05, 0) is 43.9 Å². The van der Waals surface area contributed by atoms with Gasteiger partial charge in [-0.15, -0.1) is 11.3 Å². The molecule has 0 aliphatic carbocycles. The van der Waals surface area contributed by atoms with Gasteiger partial charge in [-0.25, -0.2) is 4.98 Å². The van der Waals surface area contributed by atoms with Crippen LogP contribution in [0.3, 0.4) is 0 Å². The molecule has 3 rings (SSSR count). The van der Waals surface area contributed by atoms with Gasteiger partial charge in [-0.3, -0.25) is 4.40 Å². The lowest BCUT2D eigenvalue weighted by Gasteiger charge is -2.08. The molecule has 0 radical (unpaired) electrons. The van der Waals surface area contributed by atoms with Crippen molar-refractivity contribution >= 4 is 22.1 Å². The Kier molecular flexibility index (Phi) is 3.29. The molecule has 0 fully saturated rings. The van der Waals surface area contributed by atoms with E-state index in [0.717, 1.165) is 16.5 Å². The number of hydrogen-bond donors (Lipinski definition) is 1. The van der Waals surface area contributed by atoms with E-state index < -0.39 is 0 Å². The van der Waals surface area contributed by atoms with Crippen molar-refractivity contribution < 1.29 is 0 Å². The highest BCUT2D eigenvalue weighted by molar-refractivity contribution is 7.17. The van der Waals surface area contributed by atoms with E-state index in [1.54, 1.807) is 11.3 Å². The van der Waals surface area contributed by atoms with Crippen LogP contribution in [-0.2, 0) is 0 Å². The van der Waals surface area contributed by atoms with Gasteiger partial charge in [-0.2, -0.15) is 0 Å². The number of benzene rings is 1. The molecule has 0 aliphatic rings. The van der Waals surface area contributed by atoms with Crippen LogP contribution >= 0.6 is 11.3 Å². The fraction of sp³-hybridized carbons (Fsp3) is 0.353. The van der Waals surface area contributed by atoms with Crippen LogP contribution in [0.4, 0.5) is 5.82 Å². The van der Waals surface area contributed by atoms with Crippen molar-refractivity contribution in [1.82, 2.24) is 9.38 Å². The molecule has 110 valence electrons. The predicted molar refractivity (Wildman–Crippen MR) is 91.2 cm³/mol. The van der Waals surface area contributed by atoms with Crippen LogP contribution < -0.4 is 5.73 Å². The monoisotopic (exact) mass is 299 g/mol. The average molecular weight is 299 g/mol. The molecule has 21 heavy (non-hydrogen) atoms. The van der Waals surface area contributed by atoms with Crippen LogP contribution in [0.25, 0.3) is 16.2 Å². The molecular formula is C17H21N3S. The van der Waals surface area contributed by atoms with E-state index in [0.29, 0.717) is 5.92 Å². The number of anilines is 1. The highest BCUT2D eigenvalue weighted by Crippen LogP contribution is 2.36. The second-order valence-electron chi connectivity index (χ2n) is 5.96. The molecule has 0 spiro atoms. The molecule has 0 aliphatic heterocycles. The third kappa shape index (κ3) is 2.14. The maximum absolute atomic E-state index is 6.37. The summed E-state index contributed by atoms with van der Waals surface area (Å²) in [6.45, 7) is 10.7. The van der Waals surface area contributed by atoms with Crippen molar-refractivity contribution in [2.75, 3.05) is 5.73 Å². The van der Waals surface area contributed by atoms with Crippen LogP contribution in [-0.4, -0.2) is 9.38 Å². The number of hydrogen-bond acceptors (Lipinski definition) is 3. The number of thiazole rings is 1. The zero-order valence-corrected chi connectivity index (χ0v) is 14.0. The van der Waals surface area contributed by atoms with E-state index >= 15 is 0 Å². The van der Waals surface area contributed by atoms with Crippen LogP contribution in [0.5, 0.6) is 0 Å². The first kappa shape index (κ1) is 14.1. The van der Waals surface area contributed by atoms with E-state index in [9.17, 15) is 0 Å². The standard InChI is InChI=1S/C17H21N3S/c1-9(2)14-16(18)20-15(12(5)21-17(20)19-14)13-7-6-10(3)11(4)8-13/h6-9H,18H2,1-5H3. The average Bonchev–Trinajstić information content (AvgIpc) is 2.89. The topological polar surface area (TPSA) is 43.3 Å². The van der Waals surface area contributed by atoms with Crippen molar-refractivity contribution in [1.29, 1.82) is 0 Å². The fourth-order valence-electron chi connectivity index (χ4n) is 2.70. The molecule has 2 heterocycles. The molecule has 2 N–H and O–H groups in total. The number of nitrogens with two attached hydrogens (primary N) is 1. The number of nitrogen functional groups attached to an aromatic ring is 1. The maximum atomic E-state index is 6.37. The van der Waals surface area contributed by atoms with Gasteiger partial charge in [0, 0.05) is 10.4 Å². The molecule has 0 unspecified atom stereocenters. The molecule has 1 aromatic carbocycles. The first-order valence-corrected chi connectivity index (χ1v) is 8.06. The van der Waals surface area contributed by atoms with Gasteiger partial charge in [-0.1, -0.05) is 26.0 Å². The highest BCUT2D eigenvalue weighted by Gasteiger charge is 2.20. The number of fused-ring (bicyclic) bond motifs is 1. The highest BCUT2D eigenvalue weighted by atomic mass is 32.1. The Balaban J connectivity index is 2.30. The van der Waals surface area contributed by atoms with Gasteiger partial charge < -0.3 is 5.73 Å². The lowest BCUT2D eigenvalue weighted by Crippen LogP contribution is -1.99. The number of aromatic nitrogens is 2. The first-order chi connectivity index (χ1) is 9.90. The minimum absolute atomic E-state index is 0.338.